The molecular weight excluding hydrogens is 265 g/mol. The summed E-state index contributed by atoms with van der Waals surface area (Å²) in [5.41, 5.74) is 9.50. The van der Waals surface area contributed by atoms with Gasteiger partial charge in [-0.2, -0.15) is 0 Å². The van der Waals surface area contributed by atoms with Gasteiger partial charge in [-0.25, -0.2) is 9.37 Å². The highest BCUT2D eigenvalue weighted by molar-refractivity contribution is 5.76. The lowest BCUT2D eigenvalue weighted by Gasteiger charge is -2.09. The average Bonchev–Trinajstić information content (AvgIpc) is 2.79. The Morgan fingerprint density at radius 3 is 2.76 bits per heavy atom. The van der Waals surface area contributed by atoms with Crippen molar-refractivity contribution in [3.05, 3.63) is 59.7 Å². The number of halogens is 1. The molecule has 3 rings (SSSR count). The summed E-state index contributed by atoms with van der Waals surface area (Å²) in [6.45, 7) is 2.99. The molecule has 3 aromatic rings. The van der Waals surface area contributed by atoms with Gasteiger partial charge in [0, 0.05) is 24.7 Å². The number of rotatable bonds is 4. The quantitative estimate of drug-likeness (QED) is 0.741. The number of aromatic nitrogens is 2. The Hall–Kier alpha value is -2.36. The van der Waals surface area contributed by atoms with Crippen LogP contribution < -0.4 is 5.73 Å². The van der Waals surface area contributed by atoms with Crippen LogP contribution in [0, 0.1) is 5.82 Å². The van der Waals surface area contributed by atoms with Crippen molar-refractivity contribution in [1.29, 1.82) is 0 Å². The van der Waals surface area contributed by atoms with E-state index in [9.17, 15) is 4.39 Å². The number of hydrogen-bond donors (Lipinski definition) is 1. The fourth-order valence-corrected chi connectivity index (χ4v) is 2.63. The summed E-state index contributed by atoms with van der Waals surface area (Å²) in [4.78, 5) is 4.60. The maximum atomic E-state index is 13.4. The van der Waals surface area contributed by atoms with Crippen LogP contribution in [0.1, 0.15) is 24.7 Å². The molecule has 0 atom stereocenters. The number of nitrogens with zero attached hydrogens (tertiary/aromatic N) is 2. The number of fused-ring (bicyclic) bond motifs is 1. The topological polar surface area (TPSA) is 43.8 Å². The summed E-state index contributed by atoms with van der Waals surface area (Å²) in [6.07, 6.45) is 1.66. The summed E-state index contributed by atoms with van der Waals surface area (Å²) < 4.78 is 15.5. The molecule has 21 heavy (non-hydrogen) atoms. The molecule has 0 aliphatic rings. The van der Waals surface area contributed by atoms with Crippen LogP contribution in [0.4, 0.5) is 10.1 Å². The second kappa shape index (κ2) is 5.56. The average molecular weight is 283 g/mol. The van der Waals surface area contributed by atoms with Crippen LogP contribution in [-0.4, -0.2) is 9.55 Å². The molecular formula is C17H18FN3. The van der Waals surface area contributed by atoms with Crippen LogP contribution in [0.15, 0.2) is 42.5 Å². The second-order valence-corrected chi connectivity index (χ2v) is 5.19. The molecule has 0 saturated heterocycles. The van der Waals surface area contributed by atoms with Crippen LogP contribution in [0.5, 0.6) is 0 Å². The van der Waals surface area contributed by atoms with Crippen molar-refractivity contribution in [3.63, 3.8) is 0 Å². The van der Waals surface area contributed by atoms with E-state index in [0.717, 1.165) is 35.6 Å². The number of hydrogen-bond acceptors (Lipinski definition) is 2. The van der Waals surface area contributed by atoms with Crippen molar-refractivity contribution in [1.82, 2.24) is 9.55 Å². The zero-order chi connectivity index (χ0) is 14.8. The molecule has 0 radical (unpaired) electrons. The number of nitrogen functional groups attached to an aromatic ring is 1. The lowest BCUT2D eigenvalue weighted by molar-refractivity contribution is 0.629. The van der Waals surface area contributed by atoms with Gasteiger partial charge in [0.15, 0.2) is 0 Å². The van der Waals surface area contributed by atoms with Gasteiger partial charge in [0.25, 0.3) is 0 Å². The summed E-state index contributed by atoms with van der Waals surface area (Å²) in [6, 6.07) is 12.6. The minimum absolute atomic E-state index is 0.255. The smallest absolute Gasteiger partial charge is 0.125 e. The minimum atomic E-state index is -0.255. The molecule has 4 heteroatoms. The molecule has 2 aromatic carbocycles. The Balaban J connectivity index is 2.08. The normalized spacial score (nSPS) is 11.1. The molecule has 0 spiro atoms. The second-order valence-electron chi connectivity index (χ2n) is 5.19. The zero-order valence-electron chi connectivity index (χ0n) is 12.0. The predicted molar refractivity (Wildman–Crippen MR) is 83.6 cm³/mol. The van der Waals surface area contributed by atoms with E-state index in [2.05, 4.69) is 16.5 Å². The predicted octanol–water partition coefficient (Wildman–Crippen LogP) is 3.76. The van der Waals surface area contributed by atoms with Gasteiger partial charge in [-0.3, -0.25) is 0 Å². The number of anilines is 1. The molecule has 2 N–H and O–H groups in total. The number of para-hydroxylation sites is 1. The standard InChI is InChI=1S/C17H18FN3/c1-2-9-21-16-8-7-13(18)11-15(16)20-17(21)10-12-5-3-4-6-14(12)19/h3-8,11H,2,9-10,19H2,1H3. The molecule has 108 valence electrons. The third-order valence-corrected chi connectivity index (χ3v) is 3.64. The molecule has 0 amide bonds. The van der Waals surface area contributed by atoms with E-state index in [1.807, 2.05) is 24.3 Å². The van der Waals surface area contributed by atoms with Crippen molar-refractivity contribution in [2.24, 2.45) is 0 Å². The number of nitrogens with two attached hydrogens (primary N) is 1. The minimum Gasteiger partial charge on any atom is -0.398 e. The first kappa shape index (κ1) is 13.6. The van der Waals surface area contributed by atoms with Crippen molar-refractivity contribution in [2.75, 3.05) is 5.73 Å². The van der Waals surface area contributed by atoms with Crippen molar-refractivity contribution < 1.29 is 4.39 Å². The largest absolute Gasteiger partial charge is 0.398 e. The monoisotopic (exact) mass is 283 g/mol. The Bertz CT molecular complexity index is 777. The number of aryl methyl sites for hydroxylation is 1. The molecule has 0 aliphatic heterocycles. The van der Waals surface area contributed by atoms with E-state index in [1.54, 1.807) is 6.07 Å². The fourth-order valence-electron chi connectivity index (χ4n) is 2.63. The van der Waals surface area contributed by atoms with E-state index in [1.165, 1.54) is 12.1 Å². The molecule has 3 nitrogen and oxygen atoms in total. The highest BCUT2D eigenvalue weighted by Crippen LogP contribution is 2.22. The summed E-state index contributed by atoms with van der Waals surface area (Å²) in [5, 5.41) is 0. The fraction of sp³-hybridized carbons (Fsp3) is 0.235. The van der Waals surface area contributed by atoms with Gasteiger partial charge < -0.3 is 10.3 Å². The summed E-state index contributed by atoms with van der Waals surface area (Å²) in [7, 11) is 0. The van der Waals surface area contributed by atoms with Gasteiger partial charge in [-0.1, -0.05) is 25.1 Å². The van der Waals surface area contributed by atoms with E-state index >= 15 is 0 Å². The maximum Gasteiger partial charge on any atom is 0.125 e. The molecule has 0 aliphatic carbocycles. The summed E-state index contributed by atoms with van der Waals surface area (Å²) in [5.74, 6) is 0.671. The molecule has 1 heterocycles. The Morgan fingerprint density at radius 1 is 1.19 bits per heavy atom. The van der Waals surface area contributed by atoms with Gasteiger partial charge in [-0.05, 0) is 30.2 Å². The zero-order valence-corrected chi connectivity index (χ0v) is 12.0. The molecule has 0 saturated carbocycles. The Kier molecular flexibility index (Phi) is 3.60. The Morgan fingerprint density at radius 2 is 2.00 bits per heavy atom. The molecule has 0 bridgehead atoms. The van der Waals surface area contributed by atoms with Crippen molar-refractivity contribution >= 4 is 16.7 Å². The van der Waals surface area contributed by atoms with Gasteiger partial charge in [0.1, 0.15) is 11.6 Å². The van der Waals surface area contributed by atoms with Gasteiger partial charge >= 0.3 is 0 Å². The van der Waals surface area contributed by atoms with E-state index in [0.29, 0.717) is 11.9 Å². The van der Waals surface area contributed by atoms with Gasteiger partial charge in [-0.15, -0.1) is 0 Å². The van der Waals surface area contributed by atoms with Gasteiger partial charge in [0.05, 0.1) is 11.0 Å². The van der Waals surface area contributed by atoms with Gasteiger partial charge in [0.2, 0.25) is 0 Å². The first-order valence-electron chi connectivity index (χ1n) is 7.17. The number of benzene rings is 2. The lowest BCUT2D eigenvalue weighted by Crippen LogP contribution is -2.05. The molecule has 1 aromatic heterocycles. The third-order valence-electron chi connectivity index (χ3n) is 3.64. The van der Waals surface area contributed by atoms with E-state index < -0.39 is 0 Å². The lowest BCUT2D eigenvalue weighted by atomic mass is 10.1. The number of imidazole rings is 1. The van der Waals surface area contributed by atoms with Crippen LogP contribution in [0.3, 0.4) is 0 Å². The summed E-state index contributed by atoms with van der Waals surface area (Å²) >= 11 is 0. The van der Waals surface area contributed by atoms with Crippen LogP contribution in [0.2, 0.25) is 0 Å². The Labute approximate surface area is 123 Å². The first-order valence-corrected chi connectivity index (χ1v) is 7.17. The van der Waals surface area contributed by atoms with Crippen molar-refractivity contribution in [2.45, 2.75) is 26.3 Å². The van der Waals surface area contributed by atoms with Crippen molar-refractivity contribution in [3.8, 4) is 0 Å². The SMILES string of the molecule is CCCn1c(Cc2ccccc2N)nc2cc(F)ccc21. The van der Waals surface area contributed by atoms with Crippen LogP contribution in [-0.2, 0) is 13.0 Å². The maximum absolute atomic E-state index is 13.4. The molecule has 0 unspecified atom stereocenters. The third kappa shape index (κ3) is 2.61. The van der Waals surface area contributed by atoms with Crippen LogP contribution >= 0.6 is 0 Å². The first-order chi connectivity index (χ1) is 10.2. The highest BCUT2D eigenvalue weighted by Gasteiger charge is 2.12. The van der Waals surface area contributed by atoms with Crippen LogP contribution in [0.25, 0.3) is 11.0 Å². The molecule has 0 fully saturated rings. The van der Waals surface area contributed by atoms with E-state index in [4.69, 9.17) is 5.73 Å². The highest BCUT2D eigenvalue weighted by atomic mass is 19.1. The van der Waals surface area contributed by atoms with E-state index in [-0.39, 0.29) is 5.82 Å².